The van der Waals surface area contributed by atoms with Crippen LogP contribution in [0.1, 0.15) is 61.3 Å². The van der Waals surface area contributed by atoms with Crippen LogP contribution >= 0.6 is 0 Å². The van der Waals surface area contributed by atoms with Crippen LogP contribution in [-0.2, 0) is 23.2 Å². The van der Waals surface area contributed by atoms with E-state index in [0.29, 0.717) is 12.0 Å². The number of halogens is 3. The molecule has 1 aliphatic rings. The Labute approximate surface area is 188 Å². The predicted octanol–water partition coefficient (Wildman–Crippen LogP) is 6.70. The Morgan fingerprint density at radius 1 is 0.871 bits per heavy atom. The van der Waals surface area contributed by atoms with Gasteiger partial charge in [0, 0.05) is 12.8 Å². The lowest BCUT2D eigenvalue weighted by Gasteiger charge is -2.44. The van der Waals surface area contributed by atoms with Gasteiger partial charge in [-0.3, -0.25) is 0 Å². The van der Waals surface area contributed by atoms with Gasteiger partial charge in [0.25, 0.3) is 0 Å². The van der Waals surface area contributed by atoms with Crippen LogP contribution in [0.4, 0.5) is 13.2 Å². The third-order valence-corrected chi connectivity index (χ3v) is 16.8. The van der Waals surface area contributed by atoms with Crippen molar-refractivity contribution in [2.24, 2.45) is 0 Å². The van der Waals surface area contributed by atoms with Crippen LogP contribution < -0.4 is 0 Å². The molecule has 5 nitrogen and oxygen atoms in total. The Balaban J connectivity index is 3.37. The summed E-state index contributed by atoms with van der Waals surface area (Å²) >= 11 is 0. The van der Waals surface area contributed by atoms with E-state index in [2.05, 4.69) is 58.8 Å². The van der Waals surface area contributed by atoms with Gasteiger partial charge in [0.1, 0.15) is 5.76 Å². The van der Waals surface area contributed by atoms with E-state index in [0.717, 1.165) is 0 Å². The Morgan fingerprint density at radius 3 is 1.68 bits per heavy atom. The number of rotatable bonds is 6. The molecule has 0 saturated carbocycles. The standard InChI is InChI=1S/C20H39F3O5SSi2/c1-14-16(26-29(24,25)20(21,22)23)12-15(27-30(8,9)18(2,3)4)13-17(14)28-31(10,11)19(5,6)7/h15,17H,12-13H2,1-11H3/t15-,17-/m0/s1. The zero-order valence-corrected chi connectivity index (χ0v) is 23.5. The summed E-state index contributed by atoms with van der Waals surface area (Å²) < 4.78 is 79.9. The summed E-state index contributed by atoms with van der Waals surface area (Å²) in [6, 6.07) is 0. The van der Waals surface area contributed by atoms with Crippen LogP contribution in [0.3, 0.4) is 0 Å². The second-order valence-electron chi connectivity index (χ2n) is 11.4. The van der Waals surface area contributed by atoms with Crippen molar-refractivity contribution in [1.82, 2.24) is 0 Å². The molecule has 31 heavy (non-hydrogen) atoms. The van der Waals surface area contributed by atoms with Gasteiger partial charge in [-0.2, -0.15) is 21.6 Å². The lowest BCUT2D eigenvalue weighted by atomic mass is 9.94. The van der Waals surface area contributed by atoms with E-state index in [1.54, 1.807) is 6.92 Å². The molecule has 0 aromatic rings. The Morgan fingerprint density at radius 2 is 1.29 bits per heavy atom. The Bertz CT molecular complexity index is 791. The number of hydrogen-bond acceptors (Lipinski definition) is 5. The molecule has 0 bridgehead atoms. The van der Waals surface area contributed by atoms with Crippen LogP contribution in [0.25, 0.3) is 0 Å². The van der Waals surface area contributed by atoms with E-state index in [9.17, 15) is 21.6 Å². The van der Waals surface area contributed by atoms with Gasteiger partial charge in [-0.05, 0) is 48.8 Å². The molecule has 0 amide bonds. The highest BCUT2D eigenvalue weighted by Gasteiger charge is 2.50. The Hall–Kier alpha value is -0.366. The first-order valence-corrected chi connectivity index (χ1v) is 17.7. The fourth-order valence-corrected chi connectivity index (χ4v) is 5.94. The summed E-state index contributed by atoms with van der Waals surface area (Å²) in [6.45, 7) is 22.2. The minimum atomic E-state index is -5.77. The summed E-state index contributed by atoms with van der Waals surface area (Å²) in [4.78, 5) is 0. The minimum Gasteiger partial charge on any atom is -0.413 e. The molecule has 0 fully saturated rings. The molecule has 1 rings (SSSR count). The third kappa shape index (κ3) is 6.81. The van der Waals surface area contributed by atoms with E-state index < -0.39 is 44.5 Å². The van der Waals surface area contributed by atoms with E-state index in [-0.39, 0.29) is 22.3 Å². The van der Waals surface area contributed by atoms with E-state index in [1.807, 2.05) is 13.1 Å². The van der Waals surface area contributed by atoms with E-state index >= 15 is 0 Å². The van der Waals surface area contributed by atoms with Gasteiger partial charge in [-0.15, -0.1) is 0 Å². The SMILES string of the molecule is CC1=C(OS(=O)(=O)C(F)(F)F)C[C@H](O[Si](C)(C)C(C)(C)C)C[C@@H]1O[Si](C)(C)C(C)(C)C. The van der Waals surface area contributed by atoms with Crippen LogP contribution in [0.2, 0.25) is 36.3 Å². The fourth-order valence-electron chi connectivity index (χ4n) is 2.68. The van der Waals surface area contributed by atoms with Gasteiger partial charge >= 0.3 is 15.6 Å². The number of hydrogen-bond donors (Lipinski definition) is 0. The average Bonchev–Trinajstić information content (AvgIpc) is 2.47. The highest BCUT2D eigenvalue weighted by atomic mass is 32.2. The van der Waals surface area contributed by atoms with Crippen LogP contribution in [-0.4, -0.2) is 42.8 Å². The maximum absolute atomic E-state index is 13.0. The molecule has 2 atom stereocenters. The second kappa shape index (κ2) is 8.77. The molecule has 0 aromatic heterocycles. The highest BCUT2D eigenvalue weighted by molar-refractivity contribution is 7.87. The summed E-state index contributed by atoms with van der Waals surface area (Å²) in [5.74, 6) is -0.226. The molecule has 184 valence electrons. The van der Waals surface area contributed by atoms with Crippen molar-refractivity contribution in [3.63, 3.8) is 0 Å². The lowest BCUT2D eigenvalue weighted by Crippen LogP contribution is -2.49. The van der Waals surface area contributed by atoms with Gasteiger partial charge < -0.3 is 13.0 Å². The van der Waals surface area contributed by atoms with E-state index in [1.165, 1.54) is 0 Å². The van der Waals surface area contributed by atoms with Gasteiger partial charge in [-0.25, -0.2) is 0 Å². The molecule has 0 radical (unpaired) electrons. The van der Waals surface area contributed by atoms with Crippen LogP contribution in [0.15, 0.2) is 11.3 Å². The average molecular weight is 505 g/mol. The topological polar surface area (TPSA) is 61.8 Å². The number of alkyl halides is 3. The molecular formula is C20H39F3O5SSi2. The van der Waals surface area contributed by atoms with Crippen molar-refractivity contribution in [2.45, 2.75) is 115 Å². The van der Waals surface area contributed by atoms with E-state index in [4.69, 9.17) is 8.85 Å². The lowest BCUT2D eigenvalue weighted by molar-refractivity contribution is -0.0531. The molecule has 0 spiro atoms. The molecule has 0 aliphatic heterocycles. The third-order valence-electron chi connectivity index (χ3n) is 6.82. The molecular weight excluding hydrogens is 465 g/mol. The molecule has 0 aromatic carbocycles. The molecule has 0 heterocycles. The largest absolute Gasteiger partial charge is 0.534 e. The van der Waals surface area contributed by atoms with Gasteiger partial charge in [-0.1, -0.05) is 41.5 Å². The Kier molecular flexibility index (Phi) is 8.11. The molecule has 11 heteroatoms. The second-order valence-corrected chi connectivity index (χ2v) is 22.4. The first kappa shape index (κ1) is 28.7. The molecule has 0 saturated heterocycles. The first-order valence-electron chi connectivity index (χ1n) is 10.5. The smallest absolute Gasteiger partial charge is 0.413 e. The maximum Gasteiger partial charge on any atom is 0.534 e. The van der Waals surface area contributed by atoms with Gasteiger partial charge in [0.15, 0.2) is 16.6 Å². The molecule has 1 aliphatic carbocycles. The van der Waals surface area contributed by atoms with Gasteiger partial charge in [0.2, 0.25) is 0 Å². The summed E-state index contributed by atoms with van der Waals surface area (Å²) in [7, 11) is -10.3. The zero-order chi connectivity index (χ0) is 24.8. The molecule has 0 unspecified atom stereocenters. The monoisotopic (exact) mass is 504 g/mol. The highest BCUT2D eigenvalue weighted by Crippen LogP contribution is 2.44. The van der Waals surface area contributed by atoms with Crippen LogP contribution in [0, 0.1) is 0 Å². The maximum atomic E-state index is 13.0. The minimum absolute atomic E-state index is 0.0367. The van der Waals surface area contributed by atoms with Crippen molar-refractivity contribution < 1.29 is 34.6 Å². The van der Waals surface area contributed by atoms with Gasteiger partial charge in [0.05, 0.1) is 12.2 Å². The quantitative estimate of drug-likeness (QED) is 0.229. The molecule has 0 N–H and O–H groups in total. The summed E-state index contributed by atoms with van der Waals surface area (Å²) in [5.41, 5.74) is -5.11. The van der Waals surface area contributed by atoms with Crippen LogP contribution in [0.5, 0.6) is 0 Å². The van der Waals surface area contributed by atoms with Crippen molar-refractivity contribution in [1.29, 1.82) is 0 Å². The fraction of sp³-hybridized carbons (Fsp3) is 0.900. The summed E-state index contributed by atoms with van der Waals surface area (Å²) in [6.07, 6.45) is -0.643. The van der Waals surface area contributed by atoms with Crippen molar-refractivity contribution >= 4 is 26.8 Å². The van der Waals surface area contributed by atoms with Crippen molar-refractivity contribution in [3.05, 3.63) is 11.3 Å². The van der Waals surface area contributed by atoms with Crippen molar-refractivity contribution in [3.8, 4) is 0 Å². The normalized spacial score (nSPS) is 22.6. The summed E-state index contributed by atoms with van der Waals surface area (Å²) in [5, 5.41) is -0.238. The van der Waals surface area contributed by atoms with Crippen molar-refractivity contribution in [2.75, 3.05) is 0 Å². The zero-order valence-electron chi connectivity index (χ0n) is 20.7. The first-order chi connectivity index (χ1) is 13.4. The predicted molar refractivity (Wildman–Crippen MR) is 122 cm³/mol.